The van der Waals surface area contributed by atoms with E-state index in [0.29, 0.717) is 46.1 Å². The van der Waals surface area contributed by atoms with Gasteiger partial charge in [-0.05, 0) is 49.6 Å². The molecule has 1 aliphatic carbocycles. The number of nitrogens with zero attached hydrogens (tertiary/aromatic N) is 2. The lowest BCUT2D eigenvalue weighted by Gasteiger charge is -2.17. The van der Waals surface area contributed by atoms with Crippen molar-refractivity contribution in [1.82, 2.24) is 9.55 Å². The number of benzene rings is 2. The van der Waals surface area contributed by atoms with Gasteiger partial charge in [0.05, 0.1) is 22.4 Å². The summed E-state index contributed by atoms with van der Waals surface area (Å²) < 4.78 is 34.4. The van der Waals surface area contributed by atoms with Crippen LogP contribution in [0.3, 0.4) is 0 Å². The largest absolute Gasteiger partial charge is 0.455 e. The molecule has 4 nitrogen and oxygen atoms in total. The van der Waals surface area contributed by atoms with Crippen molar-refractivity contribution >= 4 is 28.3 Å². The highest BCUT2D eigenvalue weighted by molar-refractivity contribution is 6.32. The van der Waals surface area contributed by atoms with Crippen molar-refractivity contribution in [2.45, 2.75) is 31.7 Å². The van der Waals surface area contributed by atoms with E-state index in [1.165, 1.54) is 6.33 Å². The van der Waals surface area contributed by atoms with Crippen LogP contribution in [0.1, 0.15) is 18.4 Å². The van der Waals surface area contributed by atoms with Crippen LogP contribution in [0.4, 0.5) is 14.5 Å². The van der Waals surface area contributed by atoms with E-state index in [9.17, 15) is 8.78 Å². The molecular weight excluding hydrogens is 348 g/mol. The Morgan fingerprint density at radius 2 is 2.04 bits per heavy atom. The highest BCUT2D eigenvalue weighted by atomic mass is 35.5. The number of aryl methyl sites for hydroxylation is 1. The maximum Gasteiger partial charge on any atom is 0.261 e. The normalized spacial score (nSPS) is 15.7. The van der Waals surface area contributed by atoms with Crippen LogP contribution in [0.5, 0.6) is 11.5 Å². The number of anilines is 1. The summed E-state index contributed by atoms with van der Waals surface area (Å²) in [5.41, 5.74) is 7.25. The summed E-state index contributed by atoms with van der Waals surface area (Å²) in [6.07, 6.45) is -0.0493. The zero-order chi connectivity index (χ0) is 17.8. The van der Waals surface area contributed by atoms with Gasteiger partial charge in [0, 0.05) is 11.8 Å². The van der Waals surface area contributed by atoms with Crippen LogP contribution in [0, 0.1) is 6.92 Å². The van der Waals surface area contributed by atoms with Crippen LogP contribution in [-0.4, -0.2) is 16.0 Å². The number of nitrogen functional groups attached to an aromatic ring is 1. The molecular formula is C18H16ClF2N3O. The van der Waals surface area contributed by atoms with Crippen molar-refractivity contribution in [3.63, 3.8) is 0 Å². The van der Waals surface area contributed by atoms with Gasteiger partial charge in [-0.25, -0.2) is 13.8 Å². The molecule has 1 heterocycles. The lowest BCUT2D eigenvalue weighted by molar-refractivity contribution is 0.0691. The van der Waals surface area contributed by atoms with Crippen LogP contribution in [0.2, 0.25) is 5.02 Å². The second-order valence-electron chi connectivity index (χ2n) is 6.42. The zero-order valence-electron chi connectivity index (χ0n) is 13.5. The SMILES string of the molecule is Cc1cc(N)cc(Cl)c1Oc1ccc2ncn(C3(C(F)F)CC3)c2c1. The van der Waals surface area contributed by atoms with E-state index in [-0.39, 0.29) is 0 Å². The molecule has 130 valence electrons. The minimum atomic E-state index is -2.43. The molecule has 2 aromatic carbocycles. The third-order valence-electron chi connectivity index (χ3n) is 4.64. The molecule has 1 aliphatic rings. The number of rotatable bonds is 4. The minimum absolute atomic E-state index is 0.400. The molecule has 3 aromatic rings. The van der Waals surface area contributed by atoms with Gasteiger partial charge in [-0.3, -0.25) is 0 Å². The first kappa shape index (κ1) is 16.1. The fourth-order valence-electron chi connectivity index (χ4n) is 3.10. The molecule has 0 aliphatic heterocycles. The van der Waals surface area contributed by atoms with Crippen molar-refractivity contribution < 1.29 is 13.5 Å². The van der Waals surface area contributed by atoms with E-state index in [4.69, 9.17) is 22.1 Å². The summed E-state index contributed by atoms with van der Waals surface area (Å²) in [5, 5.41) is 0.400. The van der Waals surface area contributed by atoms with Crippen molar-refractivity contribution in [3.05, 3.63) is 47.2 Å². The van der Waals surface area contributed by atoms with Crippen LogP contribution in [0.25, 0.3) is 11.0 Å². The molecule has 2 N–H and O–H groups in total. The van der Waals surface area contributed by atoms with E-state index in [1.54, 1.807) is 34.9 Å². The van der Waals surface area contributed by atoms with Gasteiger partial charge in [0.1, 0.15) is 17.0 Å². The van der Waals surface area contributed by atoms with Gasteiger partial charge in [0.15, 0.2) is 0 Å². The van der Waals surface area contributed by atoms with Crippen LogP contribution in [0.15, 0.2) is 36.7 Å². The Labute approximate surface area is 148 Å². The number of alkyl halides is 2. The van der Waals surface area contributed by atoms with Crippen LogP contribution < -0.4 is 10.5 Å². The first-order chi connectivity index (χ1) is 11.9. The standard InChI is InChI=1S/C18H16ClF2N3O/c1-10-6-11(22)7-13(19)16(10)25-12-2-3-14-15(8-12)24(9-23-14)18(4-5-18)17(20)21/h2-3,6-9,17H,4-5,22H2,1H3. The second-order valence-corrected chi connectivity index (χ2v) is 6.83. The molecule has 1 aromatic heterocycles. The maximum absolute atomic E-state index is 13.4. The molecule has 7 heteroatoms. The van der Waals surface area contributed by atoms with E-state index >= 15 is 0 Å². The lowest BCUT2D eigenvalue weighted by Crippen LogP contribution is -2.24. The highest BCUT2D eigenvalue weighted by Crippen LogP contribution is 2.50. The number of nitrogens with two attached hydrogens (primary N) is 1. The number of ether oxygens (including phenoxy) is 1. The number of imidazole rings is 1. The predicted octanol–water partition coefficient (Wildman–Crippen LogP) is 5.13. The van der Waals surface area contributed by atoms with Crippen molar-refractivity contribution in [2.24, 2.45) is 0 Å². The summed E-state index contributed by atoms with van der Waals surface area (Å²) in [6, 6.07) is 8.59. The summed E-state index contributed by atoms with van der Waals surface area (Å²) in [6.45, 7) is 1.84. The summed E-state index contributed by atoms with van der Waals surface area (Å²) in [7, 11) is 0. The molecule has 0 atom stereocenters. The minimum Gasteiger partial charge on any atom is -0.455 e. The Bertz CT molecular complexity index is 943. The topological polar surface area (TPSA) is 53.1 Å². The fraction of sp³-hybridized carbons (Fsp3) is 0.278. The van der Waals surface area contributed by atoms with Crippen molar-refractivity contribution in [2.75, 3.05) is 5.73 Å². The fourth-order valence-corrected chi connectivity index (χ4v) is 3.42. The van der Waals surface area contributed by atoms with Gasteiger partial charge < -0.3 is 15.0 Å². The Kier molecular flexibility index (Phi) is 3.61. The van der Waals surface area contributed by atoms with E-state index in [1.807, 2.05) is 6.92 Å². The molecule has 4 rings (SSSR count). The molecule has 1 fully saturated rings. The van der Waals surface area contributed by atoms with Gasteiger partial charge in [-0.15, -0.1) is 0 Å². The molecule has 0 radical (unpaired) electrons. The molecule has 0 unspecified atom stereocenters. The summed E-state index contributed by atoms with van der Waals surface area (Å²) in [5.74, 6) is 1.00. The molecule has 0 bridgehead atoms. The highest BCUT2D eigenvalue weighted by Gasteiger charge is 2.53. The van der Waals surface area contributed by atoms with Gasteiger partial charge >= 0.3 is 0 Å². The first-order valence-corrected chi connectivity index (χ1v) is 8.28. The third kappa shape index (κ3) is 2.61. The lowest BCUT2D eigenvalue weighted by atomic mass is 10.2. The third-order valence-corrected chi connectivity index (χ3v) is 4.92. The van der Waals surface area contributed by atoms with Crippen LogP contribution in [-0.2, 0) is 5.54 Å². The Balaban J connectivity index is 1.75. The van der Waals surface area contributed by atoms with Crippen molar-refractivity contribution in [1.29, 1.82) is 0 Å². The number of hydrogen-bond donors (Lipinski definition) is 1. The Morgan fingerprint density at radius 1 is 1.28 bits per heavy atom. The van der Waals surface area contributed by atoms with Crippen LogP contribution >= 0.6 is 11.6 Å². The summed E-state index contributed by atoms with van der Waals surface area (Å²) in [4.78, 5) is 4.23. The monoisotopic (exact) mass is 363 g/mol. The summed E-state index contributed by atoms with van der Waals surface area (Å²) >= 11 is 6.22. The van der Waals surface area contributed by atoms with Gasteiger partial charge in [-0.1, -0.05) is 11.6 Å². The number of hydrogen-bond acceptors (Lipinski definition) is 3. The average molecular weight is 364 g/mol. The smallest absolute Gasteiger partial charge is 0.261 e. The predicted molar refractivity (Wildman–Crippen MR) is 93.6 cm³/mol. The van der Waals surface area contributed by atoms with Gasteiger partial charge in [-0.2, -0.15) is 0 Å². The van der Waals surface area contributed by atoms with E-state index in [0.717, 1.165) is 5.56 Å². The molecule has 0 spiro atoms. The second kappa shape index (κ2) is 5.59. The van der Waals surface area contributed by atoms with Gasteiger partial charge in [0.25, 0.3) is 6.43 Å². The number of fused-ring (bicyclic) bond motifs is 1. The Hall–Kier alpha value is -2.34. The number of halogens is 3. The molecule has 25 heavy (non-hydrogen) atoms. The van der Waals surface area contributed by atoms with E-state index < -0.39 is 12.0 Å². The number of aromatic nitrogens is 2. The molecule has 1 saturated carbocycles. The Morgan fingerprint density at radius 3 is 2.68 bits per heavy atom. The van der Waals surface area contributed by atoms with E-state index in [2.05, 4.69) is 4.98 Å². The van der Waals surface area contributed by atoms with Gasteiger partial charge in [0.2, 0.25) is 0 Å². The maximum atomic E-state index is 13.4. The average Bonchev–Trinajstić information content (AvgIpc) is 3.25. The quantitative estimate of drug-likeness (QED) is 0.654. The first-order valence-electron chi connectivity index (χ1n) is 7.90. The molecule has 0 saturated heterocycles. The van der Waals surface area contributed by atoms with Crippen molar-refractivity contribution in [3.8, 4) is 11.5 Å². The zero-order valence-corrected chi connectivity index (χ0v) is 14.2. The molecule has 0 amide bonds.